The number of hydrogen-bond donors (Lipinski definition) is 1. The van der Waals surface area contributed by atoms with E-state index in [4.69, 9.17) is 18.3 Å². The van der Waals surface area contributed by atoms with Crippen LogP contribution in [0.2, 0.25) is 0 Å². The average molecular weight is 502 g/mol. The molecule has 2 atom stereocenters. The Labute approximate surface area is 196 Å². The number of pyridine rings is 1. The van der Waals surface area contributed by atoms with Crippen LogP contribution >= 0.6 is 7.82 Å². The Bertz CT molecular complexity index is 1430. The summed E-state index contributed by atoms with van der Waals surface area (Å²) in [5.74, 6) is -4.60. The van der Waals surface area contributed by atoms with Gasteiger partial charge in [-0.1, -0.05) is 6.07 Å². The van der Waals surface area contributed by atoms with Crippen molar-refractivity contribution in [1.82, 2.24) is 25.2 Å². The molecule has 180 valence electrons. The molecule has 0 unspecified atom stereocenters. The lowest BCUT2D eigenvalue weighted by Crippen LogP contribution is -2.63. The molecule has 4 saturated heterocycles. The van der Waals surface area contributed by atoms with Crippen molar-refractivity contribution >= 4 is 19.6 Å². The maximum atomic E-state index is 15.2. The Morgan fingerprint density at radius 2 is 2.03 bits per heavy atom. The molecule has 1 aliphatic carbocycles. The number of tetrazole rings is 1. The fraction of sp³-hybridized carbons (Fsp3) is 0.350. The molecule has 0 radical (unpaired) electrons. The minimum Gasteiger partial charge on any atom is -0.405 e. The topological polar surface area (TPSA) is 151 Å². The number of aromatic nitrogens is 5. The van der Waals surface area contributed by atoms with E-state index in [-0.39, 0.29) is 11.3 Å². The third kappa shape index (κ3) is 2.76. The fourth-order valence-corrected chi connectivity index (χ4v) is 6.12. The predicted molar refractivity (Wildman–Crippen MR) is 112 cm³/mol. The lowest BCUT2D eigenvalue weighted by atomic mass is 10.0. The van der Waals surface area contributed by atoms with Gasteiger partial charge < -0.3 is 9.84 Å². The van der Waals surface area contributed by atoms with Gasteiger partial charge in [-0.2, -0.15) is 4.80 Å². The van der Waals surface area contributed by atoms with Gasteiger partial charge in [0.1, 0.15) is 17.6 Å². The number of benzene rings is 1. The van der Waals surface area contributed by atoms with Gasteiger partial charge in [0.15, 0.2) is 0 Å². The number of aliphatic hydroxyl groups excluding tert-OH is 1. The average Bonchev–Trinajstić information content (AvgIpc) is 3.29. The van der Waals surface area contributed by atoms with E-state index in [0.717, 1.165) is 23.8 Å². The quantitative estimate of drug-likeness (QED) is 0.513. The number of carbonyl (C=O) groups excluding carboxylic acids is 1. The van der Waals surface area contributed by atoms with Crippen molar-refractivity contribution < 1.29 is 37.2 Å². The Balaban J connectivity index is 1.19. The maximum Gasteiger partial charge on any atom is 0.486 e. The lowest BCUT2D eigenvalue weighted by Gasteiger charge is -2.39. The molecule has 5 aliphatic rings. The number of aliphatic hydroxyl groups is 1. The summed E-state index contributed by atoms with van der Waals surface area (Å²) in [6.45, 7) is 1.27. The van der Waals surface area contributed by atoms with Gasteiger partial charge in [0.2, 0.25) is 5.82 Å². The Morgan fingerprint density at radius 3 is 2.69 bits per heavy atom. The molecule has 2 bridgehead atoms. The van der Waals surface area contributed by atoms with E-state index in [9.17, 15) is 14.5 Å². The molecule has 8 rings (SSSR count). The van der Waals surface area contributed by atoms with Gasteiger partial charge in [-0.3, -0.25) is 4.98 Å². The van der Waals surface area contributed by atoms with Crippen molar-refractivity contribution in [2.24, 2.45) is 0 Å². The molecule has 1 saturated carbocycles. The summed E-state index contributed by atoms with van der Waals surface area (Å²) >= 11 is 0. The molecular weight excluding hydrogens is 486 g/mol. The lowest BCUT2D eigenvalue weighted by molar-refractivity contribution is -0.278. The van der Waals surface area contributed by atoms with E-state index in [2.05, 4.69) is 20.4 Å². The number of hydrogen-bond acceptors (Lipinski definition) is 11. The molecule has 3 aromatic rings. The second-order valence-electron chi connectivity index (χ2n) is 8.61. The van der Waals surface area contributed by atoms with Crippen LogP contribution in [0.1, 0.15) is 25.8 Å². The third-order valence-electron chi connectivity index (χ3n) is 6.24. The molecule has 5 fully saturated rings. The zero-order chi connectivity index (χ0) is 24.2. The first-order valence-electron chi connectivity index (χ1n) is 10.7. The van der Waals surface area contributed by atoms with Crippen LogP contribution in [0.5, 0.6) is 0 Å². The molecule has 4 aliphatic heterocycles. The first-order valence-corrected chi connectivity index (χ1v) is 12.2. The van der Waals surface area contributed by atoms with E-state index in [1.807, 2.05) is 0 Å². The molecule has 1 aromatic carbocycles. The van der Waals surface area contributed by atoms with Crippen molar-refractivity contribution in [2.45, 2.75) is 43.6 Å². The van der Waals surface area contributed by atoms with Crippen LogP contribution in [-0.4, -0.2) is 54.2 Å². The molecule has 2 aromatic heterocycles. The van der Waals surface area contributed by atoms with Crippen molar-refractivity contribution in [3.63, 3.8) is 0 Å². The van der Waals surface area contributed by atoms with Crippen molar-refractivity contribution in [3.8, 4) is 22.6 Å². The number of nitrogens with zero attached hydrogens (tertiary/aromatic N) is 6. The summed E-state index contributed by atoms with van der Waals surface area (Å²) in [6, 6.07) is 7.54. The van der Waals surface area contributed by atoms with Gasteiger partial charge in [0, 0.05) is 17.3 Å². The first-order chi connectivity index (χ1) is 16.7. The Hall–Kier alpha value is -3.29. The van der Waals surface area contributed by atoms with Crippen LogP contribution in [0.4, 0.5) is 14.9 Å². The van der Waals surface area contributed by atoms with Crippen LogP contribution in [0.25, 0.3) is 22.6 Å². The van der Waals surface area contributed by atoms with Gasteiger partial charge in [-0.25, -0.2) is 32.2 Å². The number of amides is 1. The van der Waals surface area contributed by atoms with Gasteiger partial charge >= 0.3 is 25.6 Å². The zero-order valence-electron chi connectivity index (χ0n) is 17.9. The highest BCUT2D eigenvalue weighted by molar-refractivity contribution is 7.50. The van der Waals surface area contributed by atoms with Crippen LogP contribution < -0.4 is 4.90 Å². The zero-order valence-corrected chi connectivity index (χ0v) is 18.8. The molecule has 13 nitrogen and oxygen atoms in total. The van der Waals surface area contributed by atoms with Gasteiger partial charge in [0.25, 0.3) is 0 Å². The number of phosphoric acid groups is 1. The number of carbonyl (C=O) groups is 1. The van der Waals surface area contributed by atoms with Crippen molar-refractivity contribution in [3.05, 3.63) is 42.3 Å². The fourth-order valence-electron chi connectivity index (χ4n) is 4.37. The number of phosphoric ester groups is 1. The van der Waals surface area contributed by atoms with E-state index >= 15 is 4.39 Å². The number of rotatable bonds is 5. The molecular formula is C20H16FN6O7P. The van der Waals surface area contributed by atoms with E-state index in [0.29, 0.717) is 23.1 Å². The molecule has 1 amide bonds. The monoisotopic (exact) mass is 502 g/mol. The normalized spacial score (nSPS) is 31.7. The Kier molecular flexibility index (Phi) is 4.01. The summed E-state index contributed by atoms with van der Waals surface area (Å²) in [6.07, 6.45) is 1.05. The van der Waals surface area contributed by atoms with E-state index in [1.165, 1.54) is 25.3 Å². The van der Waals surface area contributed by atoms with E-state index < -0.39 is 37.5 Å². The Morgan fingerprint density at radius 1 is 1.23 bits per heavy atom. The molecule has 1 N–H and O–H groups in total. The SMILES string of the molecule is C[C@H](O)[C@@]12OC(=O)N(c3ccc(-c4ccc(-c5nnn(C6CC6)n5)nc4)c(F)c3)C13OP(=O)(O3)O2. The molecule has 35 heavy (non-hydrogen) atoms. The third-order valence-corrected chi connectivity index (χ3v) is 7.68. The summed E-state index contributed by atoms with van der Waals surface area (Å²) in [7, 11) is -3.99. The van der Waals surface area contributed by atoms with Crippen molar-refractivity contribution in [1.29, 1.82) is 0 Å². The summed E-state index contributed by atoms with van der Waals surface area (Å²) in [5.41, 5.74) is 1.16. The number of halogens is 1. The predicted octanol–water partition coefficient (Wildman–Crippen LogP) is 2.75. The number of ether oxygens (including phenoxy) is 1. The number of anilines is 1. The van der Waals surface area contributed by atoms with E-state index in [1.54, 1.807) is 16.9 Å². The van der Waals surface area contributed by atoms with Crippen LogP contribution in [0.3, 0.4) is 0 Å². The maximum absolute atomic E-state index is 15.2. The van der Waals surface area contributed by atoms with Gasteiger partial charge in [-0.15, -0.1) is 10.2 Å². The standard InChI is InChI=1S/C20H16FN6O7P/c1-10(28)19-20(33-35(30,32-19)34-20)26(18(29)31-19)13-5-6-14(15(21)8-13)11-2-7-16(22-9-11)17-23-25-27(24-17)12-3-4-12/h2,5-10,12,28H,3-4H2,1H3/t10-,19-,20?,35?/m0/s1. The van der Waals surface area contributed by atoms with Crippen LogP contribution in [0, 0.1) is 5.82 Å². The van der Waals surface area contributed by atoms with Gasteiger partial charge in [-0.05, 0) is 49.2 Å². The van der Waals surface area contributed by atoms with Crippen LogP contribution in [-0.2, 0) is 22.9 Å². The first kappa shape index (κ1) is 21.0. The minimum absolute atomic E-state index is 0.0130. The molecule has 15 heteroatoms. The van der Waals surface area contributed by atoms with Crippen LogP contribution in [0.15, 0.2) is 36.5 Å². The summed E-state index contributed by atoms with van der Waals surface area (Å²) in [4.78, 5) is 19.4. The summed E-state index contributed by atoms with van der Waals surface area (Å²) in [5, 5.41) is 22.5. The molecule has 6 heterocycles. The molecule has 1 spiro atoms. The largest absolute Gasteiger partial charge is 0.486 e. The minimum atomic E-state index is -3.99. The van der Waals surface area contributed by atoms with Crippen molar-refractivity contribution in [2.75, 3.05) is 4.90 Å². The highest BCUT2D eigenvalue weighted by atomic mass is 31.2. The highest BCUT2D eigenvalue weighted by Crippen LogP contribution is 2.81. The summed E-state index contributed by atoms with van der Waals surface area (Å²) < 4.78 is 48.3. The second kappa shape index (κ2) is 6.68. The van der Waals surface area contributed by atoms with Gasteiger partial charge in [0.05, 0.1) is 11.7 Å². The second-order valence-corrected chi connectivity index (χ2v) is 10.1. The smallest absolute Gasteiger partial charge is 0.405 e. The highest BCUT2D eigenvalue weighted by Gasteiger charge is 2.90.